The number of piperidine rings is 1. The molecule has 1 fully saturated rings. The summed E-state index contributed by atoms with van der Waals surface area (Å²) in [5, 5.41) is 3.28. The lowest BCUT2D eigenvalue weighted by Gasteiger charge is -2.23. The van der Waals surface area contributed by atoms with Crippen LogP contribution in [-0.4, -0.2) is 25.7 Å². The number of nitrogens with one attached hydrogen (secondary N) is 1. The molecule has 1 N–H and O–H groups in total. The normalized spacial score (nSPS) is 18.3. The molecule has 0 aromatic heterocycles. The van der Waals surface area contributed by atoms with Crippen molar-refractivity contribution in [1.29, 1.82) is 0 Å². The molecule has 1 aliphatic heterocycles. The molecule has 0 amide bonds. The average molecular weight is 166 g/mol. The van der Waals surface area contributed by atoms with E-state index in [1.807, 2.05) is 0 Å². The number of carbonyl (C=O) groups excluding carboxylic acids is 1. The van der Waals surface area contributed by atoms with Crippen LogP contribution in [-0.2, 0) is 4.79 Å². The first kappa shape index (κ1) is 9.17. The molecule has 0 aromatic carbocycles. The van der Waals surface area contributed by atoms with Crippen molar-refractivity contribution >= 4 is 6.08 Å². The molecule has 66 valence electrons. The van der Waals surface area contributed by atoms with Gasteiger partial charge in [-0.25, -0.2) is 9.79 Å². The van der Waals surface area contributed by atoms with Crippen molar-refractivity contribution < 1.29 is 4.79 Å². The van der Waals surface area contributed by atoms with Crippen LogP contribution in [0.2, 0.25) is 0 Å². The quantitative estimate of drug-likeness (QED) is 0.384. The van der Waals surface area contributed by atoms with E-state index >= 15 is 0 Å². The van der Waals surface area contributed by atoms with E-state index in [4.69, 9.17) is 0 Å². The monoisotopic (exact) mass is 166 g/mol. The molecule has 0 aromatic rings. The summed E-state index contributed by atoms with van der Waals surface area (Å²) in [7, 11) is 0. The van der Waals surface area contributed by atoms with Gasteiger partial charge in [0.25, 0.3) is 0 Å². The van der Waals surface area contributed by atoms with Gasteiger partial charge in [0.15, 0.2) is 0 Å². The van der Waals surface area contributed by atoms with E-state index in [1.165, 1.54) is 6.08 Å². The Kier molecular flexibility index (Phi) is 3.71. The lowest BCUT2D eigenvalue weighted by molar-refractivity contribution is 0.417. The highest BCUT2D eigenvalue weighted by Gasteiger charge is 2.15. The first-order valence-electron chi connectivity index (χ1n) is 4.26. The molecule has 12 heavy (non-hydrogen) atoms. The van der Waals surface area contributed by atoms with Gasteiger partial charge in [0, 0.05) is 0 Å². The topological polar surface area (TPSA) is 41.5 Å². The molecule has 0 spiro atoms. The summed E-state index contributed by atoms with van der Waals surface area (Å²) in [6.07, 6.45) is 3.77. The first-order chi connectivity index (χ1) is 5.84. The minimum atomic E-state index is 0.453. The maximum Gasteiger partial charge on any atom is 0.235 e. The SMILES string of the molecule is C=C(CN=C=O)C1CCNCC1. The zero-order valence-corrected chi connectivity index (χ0v) is 7.18. The van der Waals surface area contributed by atoms with Crippen molar-refractivity contribution in [2.24, 2.45) is 10.9 Å². The Morgan fingerprint density at radius 3 is 2.83 bits per heavy atom. The van der Waals surface area contributed by atoms with Crippen molar-refractivity contribution in [3.63, 3.8) is 0 Å². The third kappa shape index (κ3) is 2.61. The molecule has 1 heterocycles. The lowest BCUT2D eigenvalue weighted by atomic mass is 9.91. The Hall–Kier alpha value is -0.920. The Bertz CT molecular complexity index is 201. The van der Waals surface area contributed by atoms with Gasteiger partial charge in [-0.05, 0) is 31.8 Å². The number of rotatable bonds is 3. The van der Waals surface area contributed by atoms with Crippen LogP contribution in [0.25, 0.3) is 0 Å². The predicted molar refractivity (Wildman–Crippen MR) is 47.7 cm³/mol. The molecule has 3 heteroatoms. The van der Waals surface area contributed by atoms with Crippen molar-refractivity contribution in [2.45, 2.75) is 12.8 Å². The van der Waals surface area contributed by atoms with Crippen LogP contribution in [0.15, 0.2) is 17.1 Å². The highest BCUT2D eigenvalue weighted by atomic mass is 16.1. The molecular formula is C9H14N2O. The van der Waals surface area contributed by atoms with Crippen molar-refractivity contribution in [1.82, 2.24) is 5.32 Å². The van der Waals surface area contributed by atoms with Crippen LogP contribution in [0.3, 0.4) is 0 Å². The van der Waals surface area contributed by atoms with Gasteiger partial charge in [-0.3, -0.25) is 0 Å². The van der Waals surface area contributed by atoms with Gasteiger partial charge in [-0.15, -0.1) is 0 Å². The number of aliphatic imine (C=N–C) groups is 1. The summed E-state index contributed by atoms with van der Waals surface area (Å²) in [6.45, 7) is 6.47. The largest absolute Gasteiger partial charge is 0.317 e. The molecule has 0 radical (unpaired) electrons. The van der Waals surface area contributed by atoms with Crippen LogP contribution in [0, 0.1) is 5.92 Å². The summed E-state index contributed by atoms with van der Waals surface area (Å²) in [6, 6.07) is 0. The van der Waals surface area contributed by atoms with Crippen LogP contribution >= 0.6 is 0 Å². The fraction of sp³-hybridized carbons (Fsp3) is 0.667. The molecule has 1 rings (SSSR count). The van der Waals surface area contributed by atoms with E-state index in [9.17, 15) is 4.79 Å². The summed E-state index contributed by atoms with van der Waals surface area (Å²) >= 11 is 0. The smallest absolute Gasteiger partial charge is 0.235 e. The minimum Gasteiger partial charge on any atom is -0.317 e. The number of nitrogens with zero attached hydrogens (tertiary/aromatic N) is 1. The van der Waals surface area contributed by atoms with Crippen molar-refractivity contribution in [3.05, 3.63) is 12.2 Å². The number of hydrogen-bond acceptors (Lipinski definition) is 3. The summed E-state index contributed by atoms with van der Waals surface area (Å²) in [4.78, 5) is 13.4. The van der Waals surface area contributed by atoms with E-state index < -0.39 is 0 Å². The zero-order valence-electron chi connectivity index (χ0n) is 7.18. The first-order valence-corrected chi connectivity index (χ1v) is 4.26. The van der Waals surface area contributed by atoms with Crippen LogP contribution in [0.1, 0.15) is 12.8 Å². The molecule has 0 aliphatic carbocycles. The van der Waals surface area contributed by atoms with Crippen molar-refractivity contribution in [2.75, 3.05) is 19.6 Å². The zero-order chi connectivity index (χ0) is 8.81. The van der Waals surface area contributed by atoms with E-state index in [0.29, 0.717) is 12.5 Å². The predicted octanol–water partition coefficient (Wildman–Crippen LogP) is 0.878. The maximum atomic E-state index is 9.85. The molecule has 0 bridgehead atoms. The third-order valence-electron chi connectivity index (χ3n) is 2.26. The van der Waals surface area contributed by atoms with Crippen molar-refractivity contribution in [3.8, 4) is 0 Å². The Morgan fingerprint density at radius 2 is 2.25 bits per heavy atom. The van der Waals surface area contributed by atoms with Crippen LogP contribution in [0.5, 0.6) is 0 Å². The molecule has 3 nitrogen and oxygen atoms in total. The number of isocyanates is 1. The molecule has 0 atom stereocenters. The van der Waals surface area contributed by atoms with Gasteiger partial charge in [0.2, 0.25) is 6.08 Å². The fourth-order valence-electron chi connectivity index (χ4n) is 1.49. The molecule has 0 unspecified atom stereocenters. The second-order valence-corrected chi connectivity index (χ2v) is 3.09. The molecule has 1 aliphatic rings. The van der Waals surface area contributed by atoms with Gasteiger partial charge in [-0.1, -0.05) is 12.2 Å². The minimum absolute atomic E-state index is 0.453. The van der Waals surface area contributed by atoms with Gasteiger partial charge < -0.3 is 5.32 Å². The average Bonchev–Trinajstić information content (AvgIpc) is 2.15. The lowest BCUT2D eigenvalue weighted by Crippen LogP contribution is -2.28. The van der Waals surface area contributed by atoms with E-state index in [0.717, 1.165) is 31.5 Å². The Morgan fingerprint density at radius 1 is 1.58 bits per heavy atom. The van der Waals surface area contributed by atoms with Gasteiger partial charge in [0.05, 0.1) is 6.54 Å². The van der Waals surface area contributed by atoms with E-state index in [2.05, 4.69) is 16.9 Å². The molecule has 1 saturated heterocycles. The highest BCUT2D eigenvalue weighted by molar-refractivity contribution is 5.33. The highest BCUT2D eigenvalue weighted by Crippen LogP contribution is 2.19. The summed E-state index contributed by atoms with van der Waals surface area (Å²) in [5.74, 6) is 0.545. The van der Waals surface area contributed by atoms with Gasteiger partial charge in [0.1, 0.15) is 0 Å². The molecule has 0 saturated carbocycles. The van der Waals surface area contributed by atoms with Crippen LogP contribution in [0.4, 0.5) is 0 Å². The maximum absolute atomic E-state index is 9.85. The van der Waals surface area contributed by atoms with Gasteiger partial charge in [-0.2, -0.15) is 0 Å². The van der Waals surface area contributed by atoms with Crippen LogP contribution < -0.4 is 5.32 Å². The molecular weight excluding hydrogens is 152 g/mol. The number of hydrogen-bond donors (Lipinski definition) is 1. The van der Waals surface area contributed by atoms with E-state index in [1.54, 1.807) is 0 Å². The summed E-state index contributed by atoms with van der Waals surface area (Å²) < 4.78 is 0. The standard InChI is InChI=1S/C9H14N2O/c1-8(6-11-7-12)9-2-4-10-5-3-9/h9-10H,1-6H2. The van der Waals surface area contributed by atoms with Gasteiger partial charge >= 0.3 is 0 Å². The summed E-state index contributed by atoms with van der Waals surface area (Å²) in [5.41, 5.74) is 1.07. The van der Waals surface area contributed by atoms with E-state index in [-0.39, 0.29) is 0 Å². The Balaban J connectivity index is 2.34. The fourth-order valence-corrected chi connectivity index (χ4v) is 1.49. The third-order valence-corrected chi connectivity index (χ3v) is 2.26. The second-order valence-electron chi connectivity index (χ2n) is 3.09. The second kappa shape index (κ2) is 4.86. The Labute approximate surface area is 72.6 Å².